The highest BCUT2D eigenvalue weighted by atomic mass is 35.5. The van der Waals surface area contributed by atoms with Gasteiger partial charge in [0.15, 0.2) is 0 Å². The van der Waals surface area contributed by atoms with E-state index in [0.29, 0.717) is 11.3 Å². The summed E-state index contributed by atoms with van der Waals surface area (Å²) in [5, 5.41) is 4.96. The largest absolute Gasteiger partial charge is 0.382 e. The number of pyridine rings is 2. The summed E-state index contributed by atoms with van der Waals surface area (Å²) < 4.78 is 0. The van der Waals surface area contributed by atoms with E-state index in [9.17, 15) is 4.79 Å². The van der Waals surface area contributed by atoms with Crippen LogP contribution in [0.15, 0.2) is 48.9 Å². The van der Waals surface area contributed by atoms with Crippen LogP contribution in [0.25, 0.3) is 10.8 Å². The molecular formula is C15H11ClN4O. The fraction of sp³-hybridized carbons (Fsp3) is 0. The SMILES string of the molecule is Nc1ncc(C(=O)Nc2cccc3cnccc23)cc1Cl. The first-order chi connectivity index (χ1) is 10.1. The fourth-order valence-electron chi connectivity index (χ4n) is 2.00. The lowest BCUT2D eigenvalue weighted by molar-refractivity contribution is 0.102. The molecule has 0 spiro atoms. The van der Waals surface area contributed by atoms with Gasteiger partial charge < -0.3 is 11.1 Å². The number of nitrogens with zero attached hydrogens (tertiary/aromatic N) is 2. The number of amides is 1. The van der Waals surface area contributed by atoms with Gasteiger partial charge in [-0.3, -0.25) is 9.78 Å². The Bertz CT molecular complexity index is 830. The third-order valence-electron chi connectivity index (χ3n) is 3.06. The monoisotopic (exact) mass is 298 g/mol. The summed E-state index contributed by atoms with van der Waals surface area (Å²) in [6.45, 7) is 0. The van der Waals surface area contributed by atoms with Gasteiger partial charge in [-0.15, -0.1) is 0 Å². The molecule has 104 valence electrons. The van der Waals surface area contributed by atoms with Gasteiger partial charge in [0.1, 0.15) is 5.82 Å². The van der Waals surface area contributed by atoms with Crippen LogP contribution in [0.3, 0.4) is 0 Å². The van der Waals surface area contributed by atoms with Crippen LogP contribution in [0, 0.1) is 0 Å². The van der Waals surface area contributed by atoms with Gasteiger partial charge in [-0.05, 0) is 18.2 Å². The summed E-state index contributed by atoms with van der Waals surface area (Å²) in [4.78, 5) is 20.2. The van der Waals surface area contributed by atoms with Crippen molar-refractivity contribution in [2.45, 2.75) is 0 Å². The lowest BCUT2D eigenvalue weighted by Crippen LogP contribution is -2.13. The normalized spacial score (nSPS) is 10.5. The maximum Gasteiger partial charge on any atom is 0.257 e. The molecule has 0 atom stereocenters. The number of aromatic nitrogens is 2. The number of hydrogen-bond acceptors (Lipinski definition) is 4. The number of halogens is 1. The predicted molar refractivity (Wildman–Crippen MR) is 83.4 cm³/mol. The van der Waals surface area contributed by atoms with Gasteiger partial charge in [0.25, 0.3) is 5.91 Å². The van der Waals surface area contributed by atoms with Crippen molar-refractivity contribution < 1.29 is 4.79 Å². The Morgan fingerprint density at radius 2 is 2.10 bits per heavy atom. The Hall–Kier alpha value is -2.66. The second kappa shape index (κ2) is 5.38. The molecule has 21 heavy (non-hydrogen) atoms. The zero-order valence-corrected chi connectivity index (χ0v) is 11.6. The van der Waals surface area contributed by atoms with Crippen molar-refractivity contribution in [1.82, 2.24) is 9.97 Å². The van der Waals surface area contributed by atoms with E-state index in [0.717, 1.165) is 10.8 Å². The molecular weight excluding hydrogens is 288 g/mol. The Morgan fingerprint density at radius 3 is 2.90 bits per heavy atom. The molecule has 1 aromatic carbocycles. The van der Waals surface area contributed by atoms with Gasteiger partial charge in [0, 0.05) is 35.1 Å². The molecule has 2 aromatic heterocycles. The van der Waals surface area contributed by atoms with Gasteiger partial charge >= 0.3 is 0 Å². The lowest BCUT2D eigenvalue weighted by atomic mass is 10.1. The maximum atomic E-state index is 12.3. The number of anilines is 2. The quantitative estimate of drug-likeness (QED) is 0.761. The second-order valence-electron chi connectivity index (χ2n) is 4.45. The molecule has 3 N–H and O–H groups in total. The fourth-order valence-corrected chi connectivity index (χ4v) is 2.17. The first-order valence-electron chi connectivity index (χ1n) is 6.20. The molecule has 5 nitrogen and oxygen atoms in total. The van der Waals surface area contributed by atoms with Crippen molar-refractivity contribution in [1.29, 1.82) is 0 Å². The molecule has 0 radical (unpaired) electrons. The Kier molecular flexibility index (Phi) is 3.41. The molecule has 0 aliphatic carbocycles. The minimum absolute atomic E-state index is 0.199. The van der Waals surface area contributed by atoms with Crippen LogP contribution in [0.2, 0.25) is 5.02 Å². The Labute approximate surface area is 125 Å². The maximum absolute atomic E-state index is 12.3. The van der Waals surface area contributed by atoms with Crippen molar-refractivity contribution in [3.63, 3.8) is 0 Å². The summed E-state index contributed by atoms with van der Waals surface area (Å²) in [6, 6.07) is 8.95. The molecule has 3 rings (SSSR count). The minimum Gasteiger partial charge on any atom is -0.382 e. The number of rotatable bonds is 2. The molecule has 0 aliphatic rings. The van der Waals surface area contributed by atoms with E-state index in [1.807, 2.05) is 24.3 Å². The third kappa shape index (κ3) is 2.64. The Morgan fingerprint density at radius 1 is 1.24 bits per heavy atom. The van der Waals surface area contributed by atoms with Crippen LogP contribution >= 0.6 is 11.6 Å². The van der Waals surface area contributed by atoms with Crippen molar-refractivity contribution in [3.05, 3.63) is 59.5 Å². The molecule has 3 aromatic rings. The number of nitrogens with two attached hydrogens (primary N) is 1. The topological polar surface area (TPSA) is 80.9 Å². The van der Waals surface area contributed by atoms with Crippen LogP contribution in [0.1, 0.15) is 10.4 Å². The average Bonchev–Trinajstić information content (AvgIpc) is 2.50. The van der Waals surface area contributed by atoms with Crippen LogP contribution in [-0.2, 0) is 0 Å². The van der Waals surface area contributed by atoms with E-state index in [1.54, 1.807) is 12.4 Å². The summed E-state index contributed by atoms with van der Waals surface area (Å²) >= 11 is 5.88. The van der Waals surface area contributed by atoms with E-state index < -0.39 is 0 Å². The van der Waals surface area contributed by atoms with Crippen molar-refractivity contribution in [2.75, 3.05) is 11.1 Å². The number of fused-ring (bicyclic) bond motifs is 1. The molecule has 0 unspecified atom stereocenters. The molecule has 0 fully saturated rings. The molecule has 1 amide bonds. The van der Waals surface area contributed by atoms with Gasteiger partial charge in [-0.25, -0.2) is 4.98 Å². The zero-order valence-electron chi connectivity index (χ0n) is 10.9. The molecule has 0 aliphatic heterocycles. The summed E-state index contributed by atoms with van der Waals surface area (Å²) in [5.74, 6) is -0.0989. The zero-order chi connectivity index (χ0) is 14.8. The lowest BCUT2D eigenvalue weighted by Gasteiger charge is -2.09. The predicted octanol–water partition coefficient (Wildman–Crippen LogP) is 3.12. The number of hydrogen-bond donors (Lipinski definition) is 2. The van der Waals surface area contributed by atoms with Gasteiger partial charge in [0.2, 0.25) is 0 Å². The van der Waals surface area contributed by atoms with Gasteiger partial charge in [-0.2, -0.15) is 0 Å². The molecule has 0 saturated carbocycles. The van der Waals surface area contributed by atoms with E-state index >= 15 is 0 Å². The first kappa shape index (κ1) is 13.3. The van der Waals surface area contributed by atoms with Crippen LogP contribution in [-0.4, -0.2) is 15.9 Å². The van der Waals surface area contributed by atoms with Crippen molar-refractivity contribution in [3.8, 4) is 0 Å². The average molecular weight is 299 g/mol. The standard InChI is InChI=1S/C15H11ClN4O/c16-12-6-10(8-19-14(12)17)15(21)20-13-3-1-2-9-7-18-5-4-11(9)13/h1-8H,(H2,17,19)(H,20,21). The summed E-state index contributed by atoms with van der Waals surface area (Å²) in [6.07, 6.45) is 4.81. The van der Waals surface area contributed by atoms with Gasteiger partial charge in [-0.1, -0.05) is 23.7 Å². The van der Waals surface area contributed by atoms with Gasteiger partial charge in [0.05, 0.1) is 10.6 Å². The first-order valence-corrected chi connectivity index (χ1v) is 6.58. The van der Waals surface area contributed by atoms with E-state index in [4.69, 9.17) is 17.3 Å². The number of benzene rings is 1. The summed E-state index contributed by atoms with van der Waals surface area (Å²) in [7, 11) is 0. The van der Waals surface area contributed by atoms with Crippen molar-refractivity contribution in [2.24, 2.45) is 0 Å². The van der Waals surface area contributed by atoms with E-state index in [1.165, 1.54) is 12.3 Å². The van der Waals surface area contributed by atoms with Crippen molar-refractivity contribution >= 4 is 39.8 Å². The Balaban J connectivity index is 1.94. The van der Waals surface area contributed by atoms with Crippen LogP contribution < -0.4 is 11.1 Å². The molecule has 6 heteroatoms. The van der Waals surface area contributed by atoms with E-state index in [-0.39, 0.29) is 16.7 Å². The number of nitrogen functional groups attached to an aromatic ring is 1. The molecule has 0 saturated heterocycles. The smallest absolute Gasteiger partial charge is 0.257 e. The highest BCUT2D eigenvalue weighted by Crippen LogP contribution is 2.23. The molecule has 2 heterocycles. The van der Waals surface area contributed by atoms with Crippen LogP contribution in [0.4, 0.5) is 11.5 Å². The summed E-state index contributed by atoms with van der Waals surface area (Å²) in [5.41, 5.74) is 6.58. The third-order valence-corrected chi connectivity index (χ3v) is 3.36. The molecule has 0 bridgehead atoms. The number of carbonyl (C=O) groups excluding carboxylic acids is 1. The second-order valence-corrected chi connectivity index (χ2v) is 4.85. The highest BCUT2D eigenvalue weighted by molar-refractivity contribution is 6.33. The van der Waals surface area contributed by atoms with Crippen LogP contribution in [0.5, 0.6) is 0 Å². The highest BCUT2D eigenvalue weighted by Gasteiger charge is 2.10. The minimum atomic E-state index is -0.297. The number of nitrogens with one attached hydrogen (secondary N) is 1. The van der Waals surface area contributed by atoms with E-state index in [2.05, 4.69) is 15.3 Å². The number of carbonyl (C=O) groups is 1.